The Balaban J connectivity index is 2.43. The van der Waals surface area contributed by atoms with Gasteiger partial charge in [0.1, 0.15) is 11.6 Å². The highest BCUT2D eigenvalue weighted by molar-refractivity contribution is 5.95. The summed E-state index contributed by atoms with van der Waals surface area (Å²) in [5, 5.41) is 12.1. The number of amidine groups is 1. The van der Waals surface area contributed by atoms with Gasteiger partial charge in [0.05, 0.1) is 19.3 Å². The molecule has 106 valence electrons. The van der Waals surface area contributed by atoms with Crippen molar-refractivity contribution < 1.29 is 4.74 Å². The number of ether oxygens (including phenoxy) is 1. The number of aromatic nitrogens is 2. The smallest absolute Gasteiger partial charge is 0.123 e. The fraction of sp³-hybridized carbons (Fsp3) is 0.333. The van der Waals surface area contributed by atoms with Crippen LogP contribution in [0.3, 0.4) is 0 Å². The Morgan fingerprint density at radius 1 is 1.35 bits per heavy atom. The first kappa shape index (κ1) is 14.1. The molecule has 1 aromatic carbocycles. The Kier molecular flexibility index (Phi) is 3.79. The second-order valence-corrected chi connectivity index (χ2v) is 4.89. The number of methoxy groups -OCH3 is 1. The topological polar surface area (TPSA) is 76.9 Å². The lowest BCUT2D eigenvalue weighted by Crippen LogP contribution is -2.13. The lowest BCUT2D eigenvalue weighted by Gasteiger charge is -2.11. The Hall–Kier alpha value is -2.30. The molecule has 0 saturated heterocycles. The highest BCUT2D eigenvalue weighted by Crippen LogP contribution is 2.22. The lowest BCUT2D eigenvalue weighted by atomic mass is 10.1. The van der Waals surface area contributed by atoms with Crippen LogP contribution in [-0.4, -0.2) is 22.7 Å². The van der Waals surface area contributed by atoms with E-state index in [0.29, 0.717) is 12.1 Å². The van der Waals surface area contributed by atoms with E-state index in [-0.39, 0.29) is 5.84 Å². The van der Waals surface area contributed by atoms with Gasteiger partial charge in [-0.25, -0.2) is 0 Å². The van der Waals surface area contributed by atoms with Crippen LogP contribution >= 0.6 is 0 Å². The Labute approximate surface area is 118 Å². The first-order valence-corrected chi connectivity index (χ1v) is 6.46. The van der Waals surface area contributed by atoms with Gasteiger partial charge in [-0.1, -0.05) is 0 Å². The minimum absolute atomic E-state index is 0.0541. The van der Waals surface area contributed by atoms with Crippen LogP contribution in [0.1, 0.15) is 28.1 Å². The molecule has 0 atom stereocenters. The summed E-state index contributed by atoms with van der Waals surface area (Å²) in [6.45, 7) is 6.72. The van der Waals surface area contributed by atoms with Crippen molar-refractivity contribution in [2.45, 2.75) is 27.3 Å². The van der Waals surface area contributed by atoms with Crippen molar-refractivity contribution in [1.82, 2.24) is 9.78 Å². The van der Waals surface area contributed by atoms with E-state index in [1.54, 1.807) is 13.2 Å². The average molecular weight is 272 g/mol. The van der Waals surface area contributed by atoms with Crippen LogP contribution in [0.4, 0.5) is 0 Å². The molecule has 0 bridgehead atoms. The van der Waals surface area contributed by atoms with Gasteiger partial charge in [-0.2, -0.15) is 5.10 Å². The normalized spacial score (nSPS) is 10.6. The van der Waals surface area contributed by atoms with E-state index in [1.165, 1.54) is 5.56 Å². The average Bonchev–Trinajstić information content (AvgIpc) is 2.66. The van der Waals surface area contributed by atoms with Crippen LogP contribution in [-0.2, 0) is 6.54 Å². The SMILES string of the molecule is COc1ccc(C(=N)N)cc1Cn1nc(C)c(C)c1C. The fourth-order valence-corrected chi connectivity index (χ4v) is 2.17. The molecule has 0 fully saturated rings. The second kappa shape index (κ2) is 5.36. The van der Waals surface area contributed by atoms with Crippen LogP contribution in [0.15, 0.2) is 18.2 Å². The molecule has 20 heavy (non-hydrogen) atoms. The van der Waals surface area contributed by atoms with Gasteiger partial charge >= 0.3 is 0 Å². The number of nitrogen functional groups attached to an aromatic ring is 1. The molecular formula is C15H20N4O. The van der Waals surface area contributed by atoms with Crippen molar-refractivity contribution in [1.29, 1.82) is 5.41 Å². The summed E-state index contributed by atoms with van der Waals surface area (Å²) >= 11 is 0. The number of hydrogen-bond donors (Lipinski definition) is 2. The van der Waals surface area contributed by atoms with E-state index in [1.807, 2.05) is 23.7 Å². The highest BCUT2D eigenvalue weighted by atomic mass is 16.5. The molecule has 0 radical (unpaired) electrons. The minimum Gasteiger partial charge on any atom is -0.496 e. The molecule has 1 heterocycles. The zero-order valence-corrected chi connectivity index (χ0v) is 12.3. The Morgan fingerprint density at radius 2 is 2.05 bits per heavy atom. The number of benzene rings is 1. The molecule has 2 rings (SSSR count). The van der Waals surface area contributed by atoms with Crippen molar-refractivity contribution in [3.8, 4) is 5.75 Å². The number of nitrogens with one attached hydrogen (secondary N) is 1. The van der Waals surface area contributed by atoms with Gasteiger partial charge in [-0.3, -0.25) is 10.1 Å². The standard InChI is InChI=1S/C15H20N4O/c1-9-10(2)18-19(11(9)3)8-13-7-12(15(16)17)5-6-14(13)20-4/h5-7H,8H2,1-4H3,(H3,16,17). The van der Waals surface area contributed by atoms with Crippen molar-refractivity contribution in [3.05, 3.63) is 46.3 Å². The van der Waals surface area contributed by atoms with Gasteiger partial charge in [0.2, 0.25) is 0 Å². The van der Waals surface area contributed by atoms with Gasteiger partial charge in [0.25, 0.3) is 0 Å². The van der Waals surface area contributed by atoms with E-state index in [2.05, 4.69) is 18.9 Å². The lowest BCUT2D eigenvalue weighted by molar-refractivity contribution is 0.407. The minimum atomic E-state index is 0.0541. The molecule has 3 N–H and O–H groups in total. The van der Waals surface area contributed by atoms with E-state index in [0.717, 1.165) is 22.7 Å². The zero-order valence-electron chi connectivity index (χ0n) is 12.3. The van der Waals surface area contributed by atoms with Gasteiger partial charge in [0.15, 0.2) is 0 Å². The predicted octanol–water partition coefficient (Wildman–Crippen LogP) is 2.15. The molecule has 0 aliphatic heterocycles. The van der Waals surface area contributed by atoms with E-state index < -0.39 is 0 Å². The highest BCUT2D eigenvalue weighted by Gasteiger charge is 2.11. The maximum absolute atomic E-state index is 7.53. The van der Waals surface area contributed by atoms with Crippen LogP contribution in [0.5, 0.6) is 5.75 Å². The predicted molar refractivity (Wildman–Crippen MR) is 79.6 cm³/mol. The summed E-state index contributed by atoms with van der Waals surface area (Å²) in [5.41, 5.74) is 10.6. The molecule has 0 unspecified atom stereocenters. The molecule has 0 aliphatic carbocycles. The van der Waals surface area contributed by atoms with Gasteiger partial charge in [-0.05, 0) is 44.5 Å². The van der Waals surface area contributed by atoms with Crippen molar-refractivity contribution >= 4 is 5.84 Å². The molecule has 5 nitrogen and oxygen atoms in total. The first-order chi connectivity index (χ1) is 9.43. The fourth-order valence-electron chi connectivity index (χ4n) is 2.17. The molecule has 2 aromatic rings. The van der Waals surface area contributed by atoms with Gasteiger partial charge in [0, 0.05) is 16.8 Å². The molecule has 0 amide bonds. The van der Waals surface area contributed by atoms with Gasteiger partial charge in [-0.15, -0.1) is 0 Å². The summed E-state index contributed by atoms with van der Waals surface area (Å²) in [5.74, 6) is 0.832. The number of nitrogens with two attached hydrogens (primary N) is 1. The quantitative estimate of drug-likeness (QED) is 0.661. The maximum atomic E-state index is 7.53. The zero-order chi connectivity index (χ0) is 14.9. The Morgan fingerprint density at radius 3 is 2.55 bits per heavy atom. The van der Waals surface area contributed by atoms with Crippen molar-refractivity contribution in [3.63, 3.8) is 0 Å². The second-order valence-electron chi connectivity index (χ2n) is 4.89. The van der Waals surface area contributed by atoms with Crippen LogP contribution in [0.2, 0.25) is 0 Å². The van der Waals surface area contributed by atoms with E-state index in [4.69, 9.17) is 15.9 Å². The number of aryl methyl sites for hydroxylation is 1. The van der Waals surface area contributed by atoms with Crippen molar-refractivity contribution in [2.24, 2.45) is 5.73 Å². The summed E-state index contributed by atoms with van der Waals surface area (Å²) in [7, 11) is 1.64. The maximum Gasteiger partial charge on any atom is 0.123 e. The summed E-state index contributed by atoms with van der Waals surface area (Å²) < 4.78 is 7.33. The van der Waals surface area contributed by atoms with Crippen molar-refractivity contribution in [2.75, 3.05) is 7.11 Å². The number of rotatable bonds is 4. The largest absolute Gasteiger partial charge is 0.496 e. The molecular weight excluding hydrogens is 252 g/mol. The van der Waals surface area contributed by atoms with Crippen LogP contribution in [0, 0.1) is 26.2 Å². The summed E-state index contributed by atoms with van der Waals surface area (Å²) in [6, 6.07) is 5.51. The third-order valence-corrected chi connectivity index (χ3v) is 3.65. The molecule has 0 spiro atoms. The summed E-state index contributed by atoms with van der Waals surface area (Å²) in [6.07, 6.45) is 0. The van der Waals surface area contributed by atoms with Gasteiger partial charge < -0.3 is 10.5 Å². The van der Waals surface area contributed by atoms with E-state index >= 15 is 0 Å². The number of nitrogens with zero attached hydrogens (tertiary/aromatic N) is 2. The monoisotopic (exact) mass is 272 g/mol. The third-order valence-electron chi connectivity index (χ3n) is 3.65. The molecule has 1 aromatic heterocycles. The summed E-state index contributed by atoms with van der Waals surface area (Å²) in [4.78, 5) is 0. The first-order valence-electron chi connectivity index (χ1n) is 6.46. The molecule has 0 saturated carbocycles. The van der Waals surface area contributed by atoms with Crippen LogP contribution in [0.25, 0.3) is 0 Å². The van der Waals surface area contributed by atoms with Crippen LogP contribution < -0.4 is 10.5 Å². The Bertz CT molecular complexity index is 658. The molecule has 0 aliphatic rings. The third kappa shape index (κ3) is 2.52. The molecule has 5 heteroatoms. The van der Waals surface area contributed by atoms with E-state index in [9.17, 15) is 0 Å². The number of hydrogen-bond acceptors (Lipinski definition) is 3.